The van der Waals surface area contributed by atoms with Gasteiger partial charge in [0.05, 0.1) is 16.3 Å². The van der Waals surface area contributed by atoms with E-state index in [1.807, 2.05) is 0 Å². The van der Waals surface area contributed by atoms with Crippen molar-refractivity contribution in [2.24, 2.45) is 0 Å². The SMILES string of the molecule is O=C(CCCS(=O)(=O)c1nc(-c2cccs2)cc(C(F)(F)F)n1)Nc1ccc(Br)cc1. The molecule has 0 spiro atoms. The molecule has 1 amide bonds. The number of halogens is 4. The van der Waals surface area contributed by atoms with Gasteiger partial charge in [0.2, 0.25) is 20.9 Å². The Kier molecular flexibility index (Phi) is 7.12. The minimum Gasteiger partial charge on any atom is -0.326 e. The molecule has 1 N–H and O–H groups in total. The summed E-state index contributed by atoms with van der Waals surface area (Å²) in [5.41, 5.74) is -0.917. The Morgan fingerprint density at radius 1 is 1.13 bits per heavy atom. The van der Waals surface area contributed by atoms with Gasteiger partial charge >= 0.3 is 6.18 Å². The molecule has 0 atom stereocenters. The number of alkyl halides is 3. The first-order chi connectivity index (χ1) is 14.5. The van der Waals surface area contributed by atoms with E-state index in [4.69, 9.17) is 0 Å². The largest absolute Gasteiger partial charge is 0.433 e. The molecule has 31 heavy (non-hydrogen) atoms. The molecule has 2 aromatic heterocycles. The fourth-order valence-corrected chi connectivity index (χ4v) is 4.66. The molecule has 0 aliphatic heterocycles. The second kappa shape index (κ2) is 9.45. The van der Waals surface area contributed by atoms with E-state index < -0.39 is 38.5 Å². The normalized spacial score (nSPS) is 12.0. The van der Waals surface area contributed by atoms with E-state index in [0.717, 1.165) is 21.9 Å². The van der Waals surface area contributed by atoms with Crippen LogP contribution in [-0.2, 0) is 20.8 Å². The van der Waals surface area contributed by atoms with Crippen LogP contribution >= 0.6 is 27.3 Å². The molecule has 0 aliphatic rings. The Balaban J connectivity index is 1.72. The second-order valence-corrected chi connectivity index (χ2v) is 10.2. The van der Waals surface area contributed by atoms with Crippen molar-refractivity contribution in [2.75, 3.05) is 11.1 Å². The molecular formula is C19H15BrF3N3O3S2. The molecule has 6 nitrogen and oxygen atoms in total. The Labute approximate surface area is 188 Å². The summed E-state index contributed by atoms with van der Waals surface area (Å²) in [5.74, 6) is -0.979. The zero-order chi connectivity index (χ0) is 22.6. The number of hydrogen-bond acceptors (Lipinski definition) is 6. The lowest BCUT2D eigenvalue weighted by Crippen LogP contribution is -2.18. The van der Waals surface area contributed by atoms with Crippen LogP contribution in [0.2, 0.25) is 0 Å². The summed E-state index contributed by atoms with van der Waals surface area (Å²) in [5, 5.41) is 3.36. The van der Waals surface area contributed by atoms with Gasteiger partial charge in [0.25, 0.3) is 0 Å². The van der Waals surface area contributed by atoms with Crippen molar-refractivity contribution in [1.29, 1.82) is 0 Å². The molecule has 0 bridgehead atoms. The van der Waals surface area contributed by atoms with Gasteiger partial charge in [-0.1, -0.05) is 22.0 Å². The third-order valence-corrected chi connectivity index (χ3v) is 6.98. The number of sulfone groups is 1. The maximum absolute atomic E-state index is 13.2. The van der Waals surface area contributed by atoms with E-state index in [9.17, 15) is 26.4 Å². The maximum atomic E-state index is 13.2. The minimum atomic E-state index is -4.83. The number of aromatic nitrogens is 2. The number of amides is 1. The third kappa shape index (κ3) is 6.34. The Bertz CT molecular complexity index is 1170. The number of nitrogens with one attached hydrogen (secondary N) is 1. The summed E-state index contributed by atoms with van der Waals surface area (Å²) in [7, 11) is -4.23. The minimum absolute atomic E-state index is 0.0986. The Morgan fingerprint density at radius 3 is 2.45 bits per heavy atom. The topological polar surface area (TPSA) is 89.0 Å². The molecule has 0 fully saturated rings. The zero-order valence-electron chi connectivity index (χ0n) is 15.7. The third-order valence-electron chi connectivity index (χ3n) is 3.99. The van der Waals surface area contributed by atoms with Crippen LogP contribution in [0.5, 0.6) is 0 Å². The van der Waals surface area contributed by atoms with Crippen molar-refractivity contribution < 1.29 is 26.4 Å². The molecule has 2 heterocycles. The average molecular weight is 534 g/mol. The van der Waals surface area contributed by atoms with Crippen LogP contribution in [0.4, 0.5) is 18.9 Å². The molecule has 12 heteroatoms. The van der Waals surface area contributed by atoms with Crippen molar-refractivity contribution >= 4 is 48.7 Å². The van der Waals surface area contributed by atoms with Crippen molar-refractivity contribution in [2.45, 2.75) is 24.2 Å². The molecule has 0 saturated heterocycles. The molecule has 0 radical (unpaired) electrons. The van der Waals surface area contributed by atoms with Gasteiger partial charge in [0, 0.05) is 16.6 Å². The second-order valence-electron chi connectivity index (χ2n) is 6.37. The van der Waals surface area contributed by atoms with Gasteiger partial charge in [-0.25, -0.2) is 18.4 Å². The number of thiophene rings is 1. The monoisotopic (exact) mass is 533 g/mol. The summed E-state index contributed by atoms with van der Waals surface area (Å²) >= 11 is 4.40. The zero-order valence-corrected chi connectivity index (χ0v) is 18.9. The molecule has 0 unspecified atom stereocenters. The predicted molar refractivity (Wildman–Crippen MR) is 114 cm³/mol. The summed E-state index contributed by atoms with van der Waals surface area (Å²) in [6.07, 6.45) is -5.06. The number of anilines is 1. The first-order valence-electron chi connectivity index (χ1n) is 8.83. The van der Waals surface area contributed by atoms with Gasteiger partial charge in [-0.2, -0.15) is 13.2 Å². The summed E-state index contributed by atoms with van der Waals surface area (Å²) < 4.78 is 65.7. The predicted octanol–water partition coefficient (Wildman–Crippen LogP) is 5.18. The fourth-order valence-electron chi connectivity index (χ4n) is 2.53. The van der Waals surface area contributed by atoms with E-state index in [1.54, 1.807) is 35.7 Å². The smallest absolute Gasteiger partial charge is 0.326 e. The lowest BCUT2D eigenvalue weighted by atomic mass is 10.3. The van der Waals surface area contributed by atoms with Gasteiger partial charge in [-0.05, 0) is 48.2 Å². The lowest BCUT2D eigenvalue weighted by Gasteiger charge is -2.10. The van der Waals surface area contributed by atoms with E-state index in [-0.39, 0.29) is 18.5 Å². The van der Waals surface area contributed by atoms with Crippen molar-refractivity contribution in [3.05, 3.63) is 58.0 Å². The number of nitrogens with zero attached hydrogens (tertiary/aromatic N) is 2. The highest BCUT2D eigenvalue weighted by Gasteiger charge is 2.35. The lowest BCUT2D eigenvalue weighted by molar-refractivity contribution is -0.141. The van der Waals surface area contributed by atoms with Crippen molar-refractivity contribution in [3.63, 3.8) is 0 Å². The Hall–Kier alpha value is -2.31. The van der Waals surface area contributed by atoms with Gasteiger partial charge < -0.3 is 5.32 Å². The molecule has 0 aliphatic carbocycles. The quantitative estimate of drug-likeness (QED) is 0.422. The summed E-state index contributed by atoms with van der Waals surface area (Å²) in [4.78, 5) is 19.5. The summed E-state index contributed by atoms with van der Waals surface area (Å²) in [6, 6.07) is 10.7. The maximum Gasteiger partial charge on any atom is 0.433 e. The molecule has 3 aromatic rings. The van der Waals surface area contributed by atoms with Crippen LogP contribution in [0, 0.1) is 0 Å². The number of benzene rings is 1. The van der Waals surface area contributed by atoms with E-state index >= 15 is 0 Å². The first-order valence-corrected chi connectivity index (χ1v) is 12.2. The number of hydrogen-bond donors (Lipinski definition) is 1. The van der Waals surface area contributed by atoms with Crippen LogP contribution in [-0.4, -0.2) is 30.0 Å². The molecule has 164 valence electrons. The van der Waals surface area contributed by atoms with E-state index in [0.29, 0.717) is 10.6 Å². The highest BCUT2D eigenvalue weighted by molar-refractivity contribution is 9.10. The standard InChI is InChI=1S/C19H15BrF3N3O3S2/c20-12-5-7-13(8-6-12)24-17(27)4-2-10-31(28,29)18-25-14(15-3-1-9-30-15)11-16(26-18)19(21,22)23/h1,3,5-9,11H,2,4,10H2,(H,24,27). The van der Waals surface area contributed by atoms with Crippen LogP contribution in [0.1, 0.15) is 18.5 Å². The molecular weight excluding hydrogens is 519 g/mol. The van der Waals surface area contributed by atoms with E-state index in [2.05, 4.69) is 31.2 Å². The van der Waals surface area contributed by atoms with Crippen LogP contribution < -0.4 is 5.32 Å². The van der Waals surface area contributed by atoms with Gasteiger partial charge in [-0.15, -0.1) is 11.3 Å². The molecule has 1 aromatic carbocycles. The van der Waals surface area contributed by atoms with Crippen LogP contribution in [0.3, 0.4) is 0 Å². The molecule has 3 rings (SSSR count). The molecule has 0 saturated carbocycles. The Morgan fingerprint density at radius 2 is 1.84 bits per heavy atom. The van der Waals surface area contributed by atoms with Gasteiger partial charge in [0.15, 0.2) is 0 Å². The number of carbonyl (C=O) groups is 1. The van der Waals surface area contributed by atoms with Crippen LogP contribution in [0.25, 0.3) is 10.6 Å². The number of rotatable bonds is 7. The first kappa shape index (κ1) is 23.4. The fraction of sp³-hybridized carbons (Fsp3) is 0.211. The van der Waals surface area contributed by atoms with E-state index in [1.165, 1.54) is 6.07 Å². The van der Waals surface area contributed by atoms with Crippen LogP contribution in [0.15, 0.2) is 57.5 Å². The highest BCUT2D eigenvalue weighted by Crippen LogP contribution is 2.32. The summed E-state index contributed by atoms with van der Waals surface area (Å²) in [6.45, 7) is 0. The highest BCUT2D eigenvalue weighted by atomic mass is 79.9. The number of carbonyl (C=O) groups excluding carboxylic acids is 1. The average Bonchev–Trinajstić information content (AvgIpc) is 3.23. The van der Waals surface area contributed by atoms with Gasteiger partial charge in [0.1, 0.15) is 5.69 Å². The van der Waals surface area contributed by atoms with Gasteiger partial charge in [-0.3, -0.25) is 4.79 Å². The van der Waals surface area contributed by atoms with Crippen molar-refractivity contribution in [1.82, 2.24) is 9.97 Å². The van der Waals surface area contributed by atoms with Crippen molar-refractivity contribution in [3.8, 4) is 10.6 Å².